The topological polar surface area (TPSA) is 62.2 Å². The fraction of sp³-hybridized carbons (Fsp3) is 0.474. The zero-order valence-electron chi connectivity index (χ0n) is 14.3. The molecule has 2 fully saturated rings. The largest absolute Gasteiger partial charge is 0.352 e. The minimum absolute atomic E-state index is 0.269. The number of hydrogen-bond donors (Lipinski definition) is 0. The standard InChI is InChI=1S/C19H23N5O/c25-19(16-3-1-2-4-16)24-13-11-23(12-14-24)18-6-5-17(21-22-18)15-7-9-20-10-8-15/h5-10,16H,1-4,11-14H2. The summed E-state index contributed by atoms with van der Waals surface area (Å²) in [6.07, 6.45) is 8.06. The molecule has 0 unspecified atom stereocenters. The Morgan fingerprint density at radius 3 is 2.28 bits per heavy atom. The zero-order valence-corrected chi connectivity index (χ0v) is 14.3. The molecule has 6 nitrogen and oxygen atoms in total. The molecule has 2 aromatic rings. The number of carbonyl (C=O) groups is 1. The number of aromatic nitrogens is 3. The van der Waals surface area contributed by atoms with Crippen LogP contribution < -0.4 is 4.90 Å². The lowest BCUT2D eigenvalue weighted by molar-refractivity contribution is -0.135. The molecule has 0 atom stereocenters. The molecule has 2 aromatic heterocycles. The number of pyridine rings is 1. The van der Waals surface area contributed by atoms with Crippen molar-refractivity contribution in [2.75, 3.05) is 31.1 Å². The minimum atomic E-state index is 0.269. The van der Waals surface area contributed by atoms with Crippen molar-refractivity contribution in [3.63, 3.8) is 0 Å². The SMILES string of the molecule is O=C(C1CCCC1)N1CCN(c2ccc(-c3ccncc3)nn2)CC1. The van der Waals surface area contributed by atoms with E-state index in [-0.39, 0.29) is 5.92 Å². The van der Waals surface area contributed by atoms with Crippen molar-refractivity contribution in [2.24, 2.45) is 5.92 Å². The number of anilines is 1. The molecule has 0 bridgehead atoms. The normalized spacial score (nSPS) is 18.6. The van der Waals surface area contributed by atoms with Crippen LogP contribution in [-0.4, -0.2) is 52.2 Å². The third kappa shape index (κ3) is 3.48. The van der Waals surface area contributed by atoms with E-state index in [4.69, 9.17) is 0 Å². The Bertz CT molecular complexity index is 704. The summed E-state index contributed by atoms with van der Waals surface area (Å²) < 4.78 is 0. The van der Waals surface area contributed by atoms with Crippen molar-refractivity contribution < 1.29 is 4.79 Å². The van der Waals surface area contributed by atoms with E-state index in [1.54, 1.807) is 12.4 Å². The number of amides is 1. The van der Waals surface area contributed by atoms with Gasteiger partial charge >= 0.3 is 0 Å². The Labute approximate surface area is 147 Å². The van der Waals surface area contributed by atoms with Gasteiger partial charge in [0.25, 0.3) is 0 Å². The summed E-state index contributed by atoms with van der Waals surface area (Å²) in [4.78, 5) is 20.8. The second-order valence-corrected chi connectivity index (χ2v) is 6.81. The Balaban J connectivity index is 1.37. The van der Waals surface area contributed by atoms with Crippen LogP contribution in [0.15, 0.2) is 36.7 Å². The van der Waals surface area contributed by atoms with Crippen LogP contribution in [0.4, 0.5) is 5.82 Å². The van der Waals surface area contributed by atoms with Crippen molar-refractivity contribution in [1.82, 2.24) is 20.1 Å². The first kappa shape index (κ1) is 16.0. The van der Waals surface area contributed by atoms with Gasteiger partial charge in [-0.3, -0.25) is 9.78 Å². The summed E-state index contributed by atoms with van der Waals surface area (Å²) in [5.41, 5.74) is 1.86. The molecule has 2 aliphatic rings. The summed E-state index contributed by atoms with van der Waals surface area (Å²) in [6, 6.07) is 7.86. The number of carbonyl (C=O) groups excluding carboxylic acids is 1. The molecule has 1 saturated carbocycles. The lowest BCUT2D eigenvalue weighted by Gasteiger charge is -2.36. The first-order valence-electron chi connectivity index (χ1n) is 9.09. The Kier molecular flexibility index (Phi) is 4.59. The predicted molar refractivity (Wildman–Crippen MR) is 96.0 cm³/mol. The van der Waals surface area contributed by atoms with Crippen molar-refractivity contribution in [2.45, 2.75) is 25.7 Å². The van der Waals surface area contributed by atoms with Crippen molar-refractivity contribution >= 4 is 11.7 Å². The van der Waals surface area contributed by atoms with Crippen LogP contribution in [0.1, 0.15) is 25.7 Å². The molecule has 1 amide bonds. The Morgan fingerprint density at radius 2 is 1.64 bits per heavy atom. The molecule has 4 rings (SSSR count). The van der Waals surface area contributed by atoms with Gasteiger partial charge in [-0.05, 0) is 37.1 Å². The van der Waals surface area contributed by atoms with Gasteiger partial charge < -0.3 is 9.80 Å². The molecule has 0 spiro atoms. The van der Waals surface area contributed by atoms with Gasteiger partial charge in [0.2, 0.25) is 5.91 Å². The van der Waals surface area contributed by atoms with E-state index in [0.717, 1.165) is 56.1 Å². The lowest BCUT2D eigenvalue weighted by atomic mass is 10.1. The van der Waals surface area contributed by atoms with Crippen LogP contribution in [-0.2, 0) is 4.79 Å². The van der Waals surface area contributed by atoms with Gasteiger partial charge in [0.05, 0.1) is 5.69 Å². The molecule has 3 heterocycles. The maximum Gasteiger partial charge on any atom is 0.225 e. The van der Waals surface area contributed by atoms with Gasteiger partial charge in [-0.2, -0.15) is 0 Å². The van der Waals surface area contributed by atoms with Gasteiger partial charge in [0, 0.05) is 50.1 Å². The Morgan fingerprint density at radius 1 is 0.920 bits per heavy atom. The summed E-state index contributed by atoms with van der Waals surface area (Å²) in [6.45, 7) is 3.20. The molecular formula is C19H23N5O. The first-order chi connectivity index (χ1) is 12.3. The van der Waals surface area contributed by atoms with Crippen molar-refractivity contribution in [3.8, 4) is 11.3 Å². The highest BCUT2D eigenvalue weighted by Gasteiger charge is 2.29. The van der Waals surface area contributed by atoms with E-state index in [1.165, 1.54) is 12.8 Å². The van der Waals surface area contributed by atoms with E-state index in [9.17, 15) is 4.79 Å². The van der Waals surface area contributed by atoms with Gasteiger partial charge in [-0.1, -0.05) is 12.8 Å². The molecular weight excluding hydrogens is 314 g/mol. The quantitative estimate of drug-likeness (QED) is 0.860. The number of nitrogens with zero attached hydrogens (tertiary/aromatic N) is 5. The lowest BCUT2D eigenvalue weighted by Crippen LogP contribution is -2.50. The maximum atomic E-state index is 12.5. The molecule has 0 N–H and O–H groups in total. The molecule has 0 radical (unpaired) electrons. The molecule has 6 heteroatoms. The monoisotopic (exact) mass is 337 g/mol. The average Bonchev–Trinajstić information content (AvgIpc) is 3.23. The first-order valence-corrected chi connectivity index (χ1v) is 9.09. The number of hydrogen-bond acceptors (Lipinski definition) is 5. The predicted octanol–water partition coefficient (Wildman–Crippen LogP) is 2.38. The maximum absolute atomic E-state index is 12.5. The van der Waals surface area contributed by atoms with Crippen LogP contribution in [0.5, 0.6) is 0 Å². The molecule has 25 heavy (non-hydrogen) atoms. The average molecular weight is 337 g/mol. The highest BCUT2D eigenvalue weighted by atomic mass is 16.2. The summed E-state index contributed by atoms with van der Waals surface area (Å²) >= 11 is 0. The third-order valence-corrected chi connectivity index (χ3v) is 5.25. The third-order valence-electron chi connectivity index (χ3n) is 5.25. The highest BCUT2D eigenvalue weighted by Crippen LogP contribution is 2.27. The second-order valence-electron chi connectivity index (χ2n) is 6.81. The zero-order chi connectivity index (χ0) is 17.1. The van der Waals surface area contributed by atoms with Gasteiger partial charge in [0.1, 0.15) is 0 Å². The molecule has 1 aliphatic heterocycles. The second kappa shape index (κ2) is 7.17. The van der Waals surface area contributed by atoms with Crippen LogP contribution in [0, 0.1) is 5.92 Å². The van der Waals surface area contributed by atoms with Crippen LogP contribution in [0.3, 0.4) is 0 Å². The van der Waals surface area contributed by atoms with E-state index < -0.39 is 0 Å². The van der Waals surface area contributed by atoms with Crippen molar-refractivity contribution in [1.29, 1.82) is 0 Å². The Hall–Kier alpha value is -2.50. The minimum Gasteiger partial charge on any atom is -0.352 e. The van der Waals surface area contributed by atoms with Crippen LogP contribution in [0.25, 0.3) is 11.3 Å². The summed E-state index contributed by atoms with van der Waals surface area (Å²) in [5.74, 6) is 1.51. The summed E-state index contributed by atoms with van der Waals surface area (Å²) in [7, 11) is 0. The van der Waals surface area contributed by atoms with Gasteiger partial charge in [0.15, 0.2) is 5.82 Å². The summed E-state index contributed by atoms with van der Waals surface area (Å²) in [5, 5.41) is 8.72. The van der Waals surface area contributed by atoms with Gasteiger partial charge in [-0.15, -0.1) is 10.2 Å². The fourth-order valence-corrected chi connectivity index (χ4v) is 3.76. The molecule has 0 aromatic carbocycles. The van der Waals surface area contributed by atoms with E-state index in [0.29, 0.717) is 5.91 Å². The molecule has 1 saturated heterocycles. The van der Waals surface area contributed by atoms with E-state index in [2.05, 4.69) is 20.1 Å². The number of rotatable bonds is 3. The van der Waals surface area contributed by atoms with Gasteiger partial charge in [-0.25, -0.2) is 0 Å². The van der Waals surface area contributed by atoms with Crippen molar-refractivity contribution in [3.05, 3.63) is 36.7 Å². The van der Waals surface area contributed by atoms with Crippen LogP contribution >= 0.6 is 0 Å². The molecule has 130 valence electrons. The molecule has 1 aliphatic carbocycles. The van der Waals surface area contributed by atoms with E-state index in [1.807, 2.05) is 29.2 Å². The number of piperazine rings is 1. The smallest absolute Gasteiger partial charge is 0.225 e. The van der Waals surface area contributed by atoms with Crippen LogP contribution in [0.2, 0.25) is 0 Å². The highest BCUT2D eigenvalue weighted by molar-refractivity contribution is 5.79. The fourth-order valence-electron chi connectivity index (χ4n) is 3.76. The van der Waals surface area contributed by atoms with E-state index >= 15 is 0 Å².